The standard InChI is InChI=1S/C13H14N4O3S/c1-3-10-16-17-13(21-10)15-12(20)14-9-5-4-8(11(18)19)6-7(9)2/h4-6H,3H2,1-2H3,(H,18,19)(H2,14,15,17,20). The van der Waals surface area contributed by atoms with Crippen LogP contribution >= 0.6 is 11.3 Å². The van der Waals surface area contributed by atoms with Crippen LogP contribution in [0.4, 0.5) is 15.6 Å². The lowest BCUT2D eigenvalue weighted by Crippen LogP contribution is -2.20. The molecule has 0 aliphatic heterocycles. The second kappa shape index (κ2) is 6.31. The molecule has 2 rings (SSSR count). The van der Waals surface area contributed by atoms with Crippen molar-refractivity contribution in [1.29, 1.82) is 0 Å². The number of carbonyl (C=O) groups is 2. The minimum Gasteiger partial charge on any atom is -0.478 e. The number of carboxylic acids is 1. The van der Waals surface area contributed by atoms with Gasteiger partial charge in [0.2, 0.25) is 5.13 Å². The molecule has 1 heterocycles. The van der Waals surface area contributed by atoms with Crippen molar-refractivity contribution in [3.63, 3.8) is 0 Å². The number of hydrogen-bond acceptors (Lipinski definition) is 5. The van der Waals surface area contributed by atoms with Gasteiger partial charge in [0, 0.05) is 5.69 Å². The van der Waals surface area contributed by atoms with Crippen molar-refractivity contribution in [2.24, 2.45) is 0 Å². The van der Waals surface area contributed by atoms with E-state index in [1.807, 2.05) is 6.92 Å². The lowest BCUT2D eigenvalue weighted by atomic mass is 10.1. The maximum atomic E-state index is 11.9. The molecule has 0 aliphatic rings. The van der Waals surface area contributed by atoms with Gasteiger partial charge in [0.25, 0.3) is 0 Å². The zero-order chi connectivity index (χ0) is 15.4. The molecule has 0 atom stereocenters. The van der Waals surface area contributed by atoms with Gasteiger partial charge in [0.05, 0.1) is 5.56 Å². The Balaban J connectivity index is 2.04. The Morgan fingerprint density at radius 3 is 2.62 bits per heavy atom. The van der Waals surface area contributed by atoms with Crippen molar-refractivity contribution in [2.75, 3.05) is 10.6 Å². The molecule has 2 amide bonds. The normalized spacial score (nSPS) is 10.2. The number of nitrogens with one attached hydrogen (secondary N) is 2. The highest BCUT2D eigenvalue weighted by atomic mass is 32.1. The molecule has 0 aliphatic carbocycles. The van der Waals surface area contributed by atoms with Crippen molar-refractivity contribution >= 4 is 34.2 Å². The van der Waals surface area contributed by atoms with Crippen LogP contribution < -0.4 is 10.6 Å². The third kappa shape index (κ3) is 3.76. The predicted molar refractivity (Wildman–Crippen MR) is 80.1 cm³/mol. The Morgan fingerprint density at radius 2 is 2.05 bits per heavy atom. The number of rotatable bonds is 4. The van der Waals surface area contributed by atoms with E-state index in [0.717, 1.165) is 11.4 Å². The summed E-state index contributed by atoms with van der Waals surface area (Å²) in [6.07, 6.45) is 0.761. The van der Waals surface area contributed by atoms with Crippen LogP contribution in [0.15, 0.2) is 18.2 Å². The van der Waals surface area contributed by atoms with Gasteiger partial charge in [0.15, 0.2) is 0 Å². The molecule has 1 aromatic heterocycles. The van der Waals surface area contributed by atoms with E-state index >= 15 is 0 Å². The van der Waals surface area contributed by atoms with Gasteiger partial charge < -0.3 is 10.4 Å². The van der Waals surface area contributed by atoms with Gasteiger partial charge in [0.1, 0.15) is 5.01 Å². The Labute approximate surface area is 125 Å². The molecular weight excluding hydrogens is 292 g/mol. The predicted octanol–water partition coefficient (Wildman–Crippen LogP) is 2.75. The summed E-state index contributed by atoms with van der Waals surface area (Å²) in [7, 11) is 0. The maximum Gasteiger partial charge on any atom is 0.335 e. The number of anilines is 2. The maximum absolute atomic E-state index is 11.9. The van der Waals surface area contributed by atoms with E-state index in [9.17, 15) is 9.59 Å². The molecule has 0 fully saturated rings. The lowest BCUT2D eigenvalue weighted by molar-refractivity contribution is 0.0697. The third-order valence-electron chi connectivity index (χ3n) is 2.71. The summed E-state index contributed by atoms with van der Waals surface area (Å²) in [4.78, 5) is 22.7. The molecule has 0 saturated carbocycles. The summed E-state index contributed by atoms with van der Waals surface area (Å²) in [6.45, 7) is 3.68. The SMILES string of the molecule is CCc1nnc(NC(=O)Nc2ccc(C(=O)O)cc2C)s1. The second-order valence-corrected chi connectivity index (χ2v) is 5.33. The van der Waals surface area contributed by atoms with Crippen LogP contribution in [0.1, 0.15) is 27.9 Å². The molecule has 3 N–H and O–H groups in total. The van der Waals surface area contributed by atoms with E-state index < -0.39 is 12.0 Å². The van der Waals surface area contributed by atoms with Crippen molar-refractivity contribution in [1.82, 2.24) is 10.2 Å². The molecular formula is C13H14N4O3S. The summed E-state index contributed by atoms with van der Waals surface area (Å²) in [5.41, 5.74) is 1.38. The molecule has 2 aromatic rings. The number of hydrogen-bond donors (Lipinski definition) is 3. The fourth-order valence-electron chi connectivity index (χ4n) is 1.63. The van der Waals surface area contributed by atoms with Gasteiger partial charge in [-0.25, -0.2) is 9.59 Å². The van der Waals surface area contributed by atoms with Crippen LogP contribution in [-0.4, -0.2) is 27.3 Å². The van der Waals surface area contributed by atoms with E-state index in [-0.39, 0.29) is 5.56 Å². The number of nitrogens with zero attached hydrogens (tertiary/aromatic N) is 2. The first-order valence-electron chi connectivity index (χ1n) is 6.24. The van der Waals surface area contributed by atoms with Gasteiger partial charge in [-0.05, 0) is 37.1 Å². The average molecular weight is 306 g/mol. The fraction of sp³-hybridized carbons (Fsp3) is 0.231. The summed E-state index contributed by atoms with van der Waals surface area (Å²) in [5, 5.41) is 23.1. The van der Waals surface area contributed by atoms with Crippen molar-refractivity contribution < 1.29 is 14.7 Å². The summed E-state index contributed by atoms with van der Waals surface area (Å²) < 4.78 is 0. The van der Waals surface area contributed by atoms with Gasteiger partial charge >= 0.3 is 12.0 Å². The van der Waals surface area contributed by atoms with Crippen LogP contribution in [0.5, 0.6) is 0 Å². The second-order valence-electron chi connectivity index (χ2n) is 4.27. The van der Waals surface area contributed by atoms with E-state index in [1.165, 1.54) is 23.5 Å². The number of aryl methyl sites for hydroxylation is 2. The minimum atomic E-state index is -1.00. The quantitative estimate of drug-likeness (QED) is 0.805. The number of aromatic carboxylic acids is 1. The largest absolute Gasteiger partial charge is 0.478 e. The first-order chi connectivity index (χ1) is 9.99. The van der Waals surface area contributed by atoms with Crippen LogP contribution in [-0.2, 0) is 6.42 Å². The Hall–Kier alpha value is -2.48. The van der Waals surface area contributed by atoms with Gasteiger partial charge in [-0.15, -0.1) is 10.2 Å². The van der Waals surface area contributed by atoms with Gasteiger partial charge in [-0.1, -0.05) is 18.3 Å². The number of amides is 2. The number of carbonyl (C=O) groups excluding carboxylic acids is 1. The molecule has 7 nitrogen and oxygen atoms in total. The Bertz CT molecular complexity index is 684. The highest BCUT2D eigenvalue weighted by Gasteiger charge is 2.10. The highest BCUT2D eigenvalue weighted by Crippen LogP contribution is 2.18. The van der Waals surface area contributed by atoms with Crippen molar-refractivity contribution in [3.05, 3.63) is 34.3 Å². The first kappa shape index (κ1) is 14.9. The molecule has 21 heavy (non-hydrogen) atoms. The highest BCUT2D eigenvalue weighted by molar-refractivity contribution is 7.15. The molecule has 110 valence electrons. The molecule has 0 unspecified atom stereocenters. The van der Waals surface area contributed by atoms with Crippen LogP contribution in [0.2, 0.25) is 0 Å². The van der Waals surface area contributed by atoms with E-state index in [1.54, 1.807) is 13.0 Å². The van der Waals surface area contributed by atoms with Gasteiger partial charge in [-0.2, -0.15) is 0 Å². The summed E-state index contributed by atoms with van der Waals surface area (Å²) >= 11 is 1.31. The molecule has 0 saturated heterocycles. The molecule has 1 aromatic carbocycles. The number of benzene rings is 1. The van der Waals surface area contributed by atoms with E-state index in [0.29, 0.717) is 16.4 Å². The number of carboxylic acid groups (broad SMARTS) is 1. The van der Waals surface area contributed by atoms with Gasteiger partial charge in [-0.3, -0.25) is 5.32 Å². The summed E-state index contributed by atoms with van der Waals surface area (Å²) in [6, 6.07) is 4.04. The molecule has 8 heteroatoms. The minimum absolute atomic E-state index is 0.176. The Kier molecular flexibility index (Phi) is 4.49. The lowest BCUT2D eigenvalue weighted by Gasteiger charge is -2.08. The molecule has 0 spiro atoms. The zero-order valence-electron chi connectivity index (χ0n) is 11.5. The van der Waals surface area contributed by atoms with Crippen LogP contribution in [0.3, 0.4) is 0 Å². The third-order valence-corrected chi connectivity index (χ3v) is 3.69. The number of aromatic nitrogens is 2. The van der Waals surface area contributed by atoms with Crippen molar-refractivity contribution in [2.45, 2.75) is 20.3 Å². The fourth-order valence-corrected chi connectivity index (χ4v) is 2.31. The topological polar surface area (TPSA) is 104 Å². The monoisotopic (exact) mass is 306 g/mol. The average Bonchev–Trinajstić information content (AvgIpc) is 2.88. The van der Waals surface area contributed by atoms with E-state index in [4.69, 9.17) is 5.11 Å². The molecule has 0 bridgehead atoms. The smallest absolute Gasteiger partial charge is 0.335 e. The zero-order valence-corrected chi connectivity index (χ0v) is 12.3. The van der Waals surface area contributed by atoms with Crippen molar-refractivity contribution in [3.8, 4) is 0 Å². The first-order valence-corrected chi connectivity index (χ1v) is 7.05. The number of urea groups is 1. The van der Waals surface area contributed by atoms with Crippen LogP contribution in [0.25, 0.3) is 0 Å². The van der Waals surface area contributed by atoms with E-state index in [2.05, 4.69) is 20.8 Å². The summed E-state index contributed by atoms with van der Waals surface area (Å²) in [5.74, 6) is -1.00. The van der Waals surface area contributed by atoms with Crippen LogP contribution in [0, 0.1) is 6.92 Å². The Morgan fingerprint density at radius 1 is 1.29 bits per heavy atom. The molecule has 0 radical (unpaired) electrons.